The number of carbonyl (C=O) groups excluding carboxylic acids is 2. The zero-order valence-corrected chi connectivity index (χ0v) is 14.7. The van der Waals surface area contributed by atoms with Gasteiger partial charge in [0.05, 0.1) is 0 Å². The molecule has 2 aromatic carbocycles. The fourth-order valence-corrected chi connectivity index (χ4v) is 2.48. The van der Waals surface area contributed by atoms with Crippen molar-refractivity contribution in [2.75, 3.05) is 11.9 Å². The number of hydrogen-bond acceptors (Lipinski definition) is 4. The van der Waals surface area contributed by atoms with Crippen LogP contribution in [0.5, 0.6) is 5.75 Å². The number of phenolic OH excluding ortho intramolecular Hbond substituents is 1. The maximum atomic E-state index is 12.1. The van der Waals surface area contributed by atoms with Crippen LogP contribution in [0, 0.1) is 6.92 Å². The molecule has 0 unspecified atom stereocenters. The van der Waals surface area contributed by atoms with Gasteiger partial charge in [0.15, 0.2) is 6.61 Å². The summed E-state index contributed by atoms with van der Waals surface area (Å²) < 4.78 is 5.01. The molecular formula is C20H23NO4. The molecule has 0 aliphatic rings. The smallest absolute Gasteiger partial charge is 0.342 e. The monoisotopic (exact) mass is 341 g/mol. The van der Waals surface area contributed by atoms with Gasteiger partial charge in [0.1, 0.15) is 11.3 Å². The van der Waals surface area contributed by atoms with Crippen molar-refractivity contribution in [1.82, 2.24) is 0 Å². The standard InChI is InChI=1S/C20H23NO4/c1-4-13(2)15-9-5-6-11-17(15)21-18(22)12-25-20(24)16-10-7-8-14(3)19(16)23/h5-11,13,23H,4,12H2,1-3H3,(H,21,22)/t13-/m1/s1. The van der Waals surface area contributed by atoms with Crippen LogP contribution in [0.25, 0.3) is 0 Å². The summed E-state index contributed by atoms with van der Waals surface area (Å²) in [6, 6.07) is 12.4. The molecule has 0 fully saturated rings. The van der Waals surface area contributed by atoms with Crippen molar-refractivity contribution in [2.45, 2.75) is 33.1 Å². The van der Waals surface area contributed by atoms with Crippen molar-refractivity contribution in [1.29, 1.82) is 0 Å². The lowest BCUT2D eigenvalue weighted by Gasteiger charge is -2.15. The molecule has 2 aromatic rings. The second-order valence-corrected chi connectivity index (χ2v) is 5.99. The Morgan fingerprint density at radius 1 is 1.16 bits per heavy atom. The van der Waals surface area contributed by atoms with Crippen LogP contribution < -0.4 is 5.32 Å². The lowest BCUT2D eigenvalue weighted by molar-refractivity contribution is -0.119. The van der Waals surface area contributed by atoms with Crippen molar-refractivity contribution >= 4 is 17.6 Å². The molecule has 2 rings (SSSR count). The van der Waals surface area contributed by atoms with Crippen LogP contribution >= 0.6 is 0 Å². The Kier molecular flexibility index (Phi) is 6.17. The van der Waals surface area contributed by atoms with E-state index in [0.29, 0.717) is 11.5 Å². The van der Waals surface area contributed by atoms with Crippen LogP contribution in [-0.2, 0) is 9.53 Å². The Bertz CT molecular complexity index is 770. The van der Waals surface area contributed by atoms with E-state index in [4.69, 9.17) is 4.74 Å². The molecule has 0 aliphatic carbocycles. The Morgan fingerprint density at radius 3 is 2.60 bits per heavy atom. The van der Waals surface area contributed by atoms with Gasteiger partial charge in [-0.1, -0.05) is 44.2 Å². The summed E-state index contributed by atoms with van der Waals surface area (Å²) in [7, 11) is 0. The maximum Gasteiger partial charge on any atom is 0.342 e. The predicted molar refractivity (Wildman–Crippen MR) is 96.9 cm³/mol. The van der Waals surface area contributed by atoms with E-state index in [1.165, 1.54) is 6.07 Å². The predicted octanol–water partition coefficient (Wildman–Crippen LogP) is 4.01. The number of nitrogens with one attached hydrogen (secondary N) is 1. The molecule has 25 heavy (non-hydrogen) atoms. The highest BCUT2D eigenvalue weighted by Gasteiger charge is 2.16. The topological polar surface area (TPSA) is 75.6 Å². The summed E-state index contributed by atoms with van der Waals surface area (Å²) in [6.07, 6.45) is 0.953. The van der Waals surface area contributed by atoms with Crippen LogP contribution in [0.1, 0.15) is 47.7 Å². The maximum absolute atomic E-state index is 12.1. The Balaban J connectivity index is 2.00. The molecular weight excluding hydrogens is 318 g/mol. The van der Waals surface area contributed by atoms with E-state index in [1.54, 1.807) is 19.1 Å². The van der Waals surface area contributed by atoms with E-state index in [-0.39, 0.29) is 11.3 Å². The van der Waals surface area contributed by atoms with Gasteiger partial charge >= 0.3 is 5.97 Å². The highest BCUT2D eigenvalue weighted by Crippen LogP contribution is 2.26. The van der Waals surface area contributed by atoms with Crippen molar-refractivity contribution in [3.63, 3.8) is 0 Å². The van der Waals surface area contributed by atoms with Crippen molar-refractivity contribution in [2.24, 2.45) is 0 Å². The third-order valence-corrected chi connectivity index (χ3v) is 4.17. The van der Waals surface area contributed by atoms with E-state index in [0.717, 1.165) is 17.7 Å². The average molecular weight is 341 g/mol. The third kappa shape index (κ3) is 4.59. The molecule has 0 saturated carbocycles. The molecule has 0 heterocycles. The molecule has 5 heteroatoms. The number of benzene rings is 2. The quantitative estimate of drug-likeness (QED) is 0.779. The van der Waals surface area contributed by atoms with Gasteiger partial charge in [0.2, 0.25) is 0 Å². The number of para-hydroxylation sites is 2. The normalized spacial score (nSPS) is 11.6. The van der Waals surface area contributed by atoms with Gasteiger partial charge in [-0.3, -0.25) is 4.79 Å². The highest BCUT2D eigenvalue weighted by atomic mass is 16.5. The van der Waals surface area contributed by atoms with Gasteiger partial charge in [-0.25, -0.2) is 4.79 Å². The van der Waals surface area contributed by atoms with Gasteiger partial charge in [0.25, 0.3) is 5.91 Å². The zero-order chi connectivity index (χ0) is 18.4. The molecule has 0 spiro atoms. The number of aromatic hydroxyl groups is 1. The zero-order valence-electron chi connectivity index (χ0n) is 14.7. The molecule has 0 saturated heterocycles. The number of ether oxygens (including phenoxy) is 1. The molecule has 0 bridgehead atoms. The summed E-state index contributed by atoms with van der Waals surface area (Å²) in [5.74, 6) is -0.971. The Hall–Kier alpha value is -2.82. The van der Waals surface area contributed by atoms with Crippen LogP contribution in [-0.4, -0.2) is 23.6 Å². The minimum atomic E-state index is -0.730. The number of carbonyl (C=O) groups is 2. The summed E-state index contributed by atoms with van der Waals surface area (Å²) >= 11 is 0. The van der Waals surface area contributed by atoms with E-state index in [1.807, 2.05) is 24.3 Å². The second kappa shape index (κ2) is 8.33. The number of anilines is 1. The molecule has 0 aromatic heterocycles. The van der Waals surface area contributed by atoms with Gasteiger partial charge in [-0.05, 0) is 42.5 Å². The van der Waals surface area contributed by atoms with E-state index < -0.39 is 18.5 Å². The van der Waals surface area contributed by atoms with Crippen molar-refractivity contribution in [3.8, 4) is 5.75 Å². The minimum absolute atomic E-state index is 0.0489. The largest absolute Gasteiger partial charge is 0.507 e. The molecule has 5 nitrogen and oxygen atoms in total. The summed E-state index contributed by atoms with van der Waals surface area (Å²) in [4.78, 5) is 24.1. The first-order valence-electron chi connectivity index (χ1n) is 8.28. The number of phenols is 1. The van der Waals surface area contributed by atoms with Crippen molar-refractivity contribution in [3.05, 3.63) is 59.2 Å². The molecule has 0 radical (unpaired) electrons. The fraction of sp³-hybridized carbons (Fsp3) is 0.300. The summed E-state index contributed by atoms with van der Waals surface area (Å²) in [5.41, 5.74) is 2.38. The van der Waals surface area contributed by atoms with Gasteiger partial charge < -0.3 is 15.2 Å². The summed E-state index contributed by atoms with van der Waals surface area (Å²) in [6.45, 7) is 5.44. The number of aryl methyl sites for hydroxylation is 1. The Labute approximate surface area is 147 Å². The fourth-order valence-electron chi connectivity index (χ4n) is 2.48. The van der Waals surface area contributed by atoms with Gasteiger partial charge in [-0.2, -0.15) is 0 Å². The first-order chi connectivity index (χ1) is 11.9. The van der Waals surface area contributed by atoms with Crippen LogP contribution in [0.3, 0.4) is 0 Å². The number of esters is 1. The van der Waals surface area contributed by atoms with Gasteiger partial charge in [0, 0.05) is 5.69 Å². The van der Waals surface area contributed by atoms with E-state index in [2.05, 4.69) is 19.2 Å². The number of amides is 1. The van der Waals surface area contributed by atoms with E-state index >= 15 is 0 Å². The van der Waals surface area contributed by atoms with Crippen LogP contribution in [0.2, 0.25) is 0 Å². The molecule has 1 atom stereocenters. The first kappa shape index (κ1) is 18.5. The second-order valence-electron chi connectivity index (χ2n) is 5.99. The molecule has 2 N–H and O–H groups in total. The molecule has 1 amide bonds. The van der Waals surface area contributed by atoms with Crippen molar-refractivity contribution < 1.29 is 19.4 Å². The number of rotatable bonds is 6. The molecule has 0 aliphatic heterocycles. The third-order valence-electron chi connectivity index (χ3n) is 4.17. The van der Waals surface area contributed by atoms with E-state index in [9.17, 15) is 14.7 Å². The minimum Gasteiger partial charge on any atom is -0.507 e. The Morgan fingerprint density at radius 2 is 1.88 bits per heavy atom. The first-order valence-corrected chi connectivity index (χ1v) is 8.28. The average Bonchev–Trinajstić information content (AvgIpc) is 2.61. The van der Waals surface area contributed by atoms with Crippen LogP contribution in [0.4, 0.5) is 5.69 Å². The lowest BCUT2D eigenvalue weighted by atomic mass is 9.97. The lowest BCUT2D eigenvalue weighted by Crippen LogP contribution is -2.21. The summed E-state index contributed by atoms with van der Waals surface area (Å²) in [5, 5.41) is 12.7. The number of hydrogen-bond donors (Lipinski definition) is 2. The molecule has 132 valence electrons. The van der Waals surface area contributed by atoms with Gasteiger partial charge in [-0.15, -0.1) is 0 Å². The highest BCUT2D eigenvalue weighted by molar-refractivity contribution is 5.97. The SMILES string of the molecule is CC[C@@H](C)c1ccccc1NC(=O)COC(=O)c1cccc(C)c1O. The van der Waals surface area contributed by atoms with Crippen LogP contribution in [0.15, 0.2) is 42.5 Å².